The molecule has 2 aromatic heterocycles. The van der Waals surface area contributed by atoms with Crippen LogP contribution in [0.2, 0.25) is 0 Å². The Bertz CT molecular complexity index is 1460. The first-order chi connectivity index (χ1) is 18.3. The zero-order valence-corrected chi connectivity index (χ0v) is 21.7. The molecule has 0 radical (unpaired) electrons. The highest BCUT2D eigenvalue weighted by Crippen LogP contribution is 2.35. The normalized spacial score (nSPS) is 14.2. The average Bonchev–Trinajstić information content (AvgIpc) is 3.33. The van der Waals surface area contributed by atoms with E-state index in [1.165, 1.54) is 12.1 Å². The minimum absolute atomic E-state index is 0.0614. The fourth-order valence-electron chi connectivity index (χ4n) is 4.81. The van der Waals surface area contributed by atoms with Crippen molar-refractivity contribution < 1.29 is 13.9 Å². The van der Waals surface area contributed by atoms with E-state index in [4.69, 9.17) is 10.5 Å². The highest BCUT2D eigenvalue weighted by atomic mass is 19.1. The first-order valence-corrected chi connectivity index (χ1v) is 12.6. The van der Waals surface area contributed by atoms with Crippen molar-refractivity contribution in [3.05, 3.63) is 66.2 Å². The molecule has 10 heteroatoms. The van der Waals surface area contributed by atoms with Gasteiger partial charge in [0, 0.05) is 49.4 Å². The van der Waals surface area contributed by atoms with Gasteiger partial charge in [0.15, 0.2) is 0 Å². The second-order valence-corrected chi connectivity index (χ2v) is 9.64. The SMILES string of the molecule is COc1cc(N2CCN(C(C)C)CC2)ccc1Nc1cc2c(Nc3ccc(F)cc3C(N)=O)cncc2[nH]1. The summed E-state index contributed by atoms with van der Waals surface area (Å²) in [6, 6.07) is 12.5. The number of hydrogen-bond donors (Lipinski definition) is 4. The summed E-state index contributed by atoms with van der Waals surface area (Å²) < 4.78 is 19.4. The molecule has 0 bridgehead atoms. The van der Waals surface area contributed by atoms with Gasteiger partial charge in [-0.15, -0.1) is 0 Å². The molecule has 5 N–H and O–H groups in total. The maximum atomic E-state index is 13.7. The third kappa shape index (κ3) is 5.21. The molecule has 0 atom stereocenters. The molecule has 38 heavy (non-hydrogen) atoms. The first-order valence-electron chi connectivity index (χ1n) is 12.6. The Morgan fingerprint density at radius 3 is 2.50 bits per heavy atom. The topological polar surface area (TPSA) is 112 Å². The number of aromatic amines is 1. The highest BCUT2D eigenvalue weighted by molar-refractivity contribution is 6.02. The van der Waals surface area contributed by atoms with Crippen LogP contribution in [0.25, 0.3) is 10.9 Å². The number of halogens is 1. The smallest absolute Gasteiger partial charge is 0.250 e. The fraction of sp³-hybridized carbons (Fsp3) is 0.286. The van der Waals surface area contributed by atoms with Crippen LogP contribution in [0.15, 0.2) is 54.9 Å². The number of aromatic nitrogens is 2. The van der Waals surface area contributed by atoms with Crippen LogP contribution < -0.4 is 26.0 Å². The molecule has 5 rings (SSSR count). The van der Waals surface area contributed by atoms with E-state index in [2.05, 4.69) is 56.4 Å². The minimum Gasteiger partial charge on any atom is -0.494 e. The van der Waals surface area contributed by atoms with E-state index >= 15 is 0 Å². The van der Waals surface area contributed by atoms with Gasteiger partial charge in [0.25, 0.3) is 5.91 Å². The van der Waals surface area contributed by atoms with Gasteiger partial charge in [0.2, 0.25) is 0 Å². The lowest BCUT2D eigenvalue weighted by molar-refractivity contribution is 0.100. The molecule has 198 valence electrons. The Morgan fingerprint density at radius 2 is 1.79 bits per heavy atom. The number of rotatable bonds is 8. The molecule has 0 unspecified atom stereocenters. The van der Waals surface area contributed by atoms with Gasteiger partial charge in [-0.3, -0.25) is 14.7 Å². The number of carbonyl (C=O) groups is 1. The molecule has 0 aliphatic carbocycles. The largest absolute Gasteiger partial charge is 0.494 e. The maximum absolute atomic E-state index is 13.7. The Balaban J connectivity index is 1.37. The number of primary amides is 1. The Labute approximate surface area is 220 Å². The molecule has 1 amide bonds. The number of pyridine rings is 1. The number of H-pyrrole nitrogens is 1. The van der Waals surface area contributed by atoms with Crippen molar-refractivity contribution in [3.63, 3.8) is 0 Å². The van der Waals surface area contributed by atoms with E-state index in [1.54, 1.807) is 19.5 Å². The number of ether oxygens (including phenoxy) is 1. The third-order valence-electron chi connectivity index (χ3n) is 6.93. The molecule has 1 aliphatic heterocycles. The molecule has 1 saturated heterocycles. The highest BCUT2D eigenvalue weighted by Gasteiger charge is 2.20. The Kier molecular flexibility index (Phi) is 7.06. The lowest BCUT2D eigenvalue weighted by Crippen LogP contribution is -2.48. The zero-order chi connectivity index (χ0) is 26.8. The van der Waals surface area contributed by atoms with E-state index in [0.29, 0.717) is 17.4 Å². The fourth-order valence-corrected chi connectivity index (χ4v) is 4.81. The van der Waals surface area contributed by atoms with Crippen LogP contribution in [-0.4, -0.2) is 60.1 Å². The number of amides is 1. The molecule has 0 saturated carbocycles. The second kappa shape index (κ2) is 10.6. The van der Waals surface area contributed by atoms with Crippen LogP contribution >= 0.6 is 0 Å². The summed E-state index contributed by atoms with van der Waals surface area (Å²) in [6.07, 6.45) is 3.35. The minimum atomic E-state index is -0.721. The van der Waals surface area contributed by atoms with Crippen molar-refractivity contribution in [1.29, 1.82) is 0 Å². The lowest BCUT2D eigenvalue weighted by atomic mass is 10.1. The molecule has 4 aromatic rings. The van der Waals surface area contributed by atoms with E-state index < -0.39 is 11.7 Å². The second-order valence-electron chi connectivity index (χ2n) is 9.64. The predicted molar refractivity (Wildman–Crippen MR) is 149 cm³/mol. The summed E-state index contributed by atoms with van der Waals surface area (Å²) in [4.78, 5) is 24.3. The van der Waals surface area contributed by atoms with Crippen LogP contribution in [0.3, 0.4) is 0 Å². The van der Waals surface area contributed by atoms with Crippen LogP contribution in [0.5, 0.6) is 5.75 Å². The average molecular weight is 518 g/mol. The third-order valence-corrected chi connectivity index (χ3v) is 6.93. The molecule has 3 heterocycles. The van der Waals surface area contributed by atoms with Gasteiger partial charge in [-0.1, -0.05) is 0 Å². The lowest BCUT2D eigenvalue weighted by Gasteiger charge is -2.38. The van der Waals surface area contributed by atoms with Crippen molar-refractivity contribution >= 4 is 45.4 Å². The molecular formula is C28H32FN7O2. The zero-order valence-electron chi connectivity index (χ0n) is 21.7. The molecular weight excluding hydrogens is 485 g/mol. The van der Waals surface area contributed by atoms with Gasteiger partial charge in [0.05, 0.1) is 47.6 Å². The van der Waals surface area contributed by atoms with Crippen molar-refractivity contribution in [2.45, 2.75) is 19.9 Å². The predicted octanol–water partition coefficient (Wildman–Crippen LogP) is 4.83. The number of nitrogens with two attached hydrogens (primary N) is 1. The Hall–Kier alpha value is -4.31. The van der Waals surface area contributed by atoms with Gasteiger partial charge >= 0.3 is 0 Å². The van der Waals surface area contributed by atoms with Crippen LogP contribution in [-0.2, 0) is 0 Å². The van der Waals surface area contributed by atoms with Crippen molar-refractivity contribution in [3.8, 4) is 5.75 Å². The number of hydrogen-bond acceptors (Lipinski definition) is 7. The maximum Gasteiger partial charge on any atom is 0.250 e. The van der Waals surface area contributed by atoms with Crippen molar-refractivity contribution in [1.82, 2.24) is 14.9 Å². The Morgan fingerprint density at radius 1 is 1.03 bits per heavy atom. The number of nitrogens with one attached hydrogen (secondary N) is 3. The van der Waals surface area contributed by atoms with E-state index in [9.17, 15) is 9.18 Å². The van der Waals surface area contributed by atoms with E-state index in [-0.39, 0.29) is 5.56 Å². The number of carbonyl (C=O) groups excluding carboxylic acids is 1. The number of methoxy groups -OCH3 is 1. The van der Waals surface area contributed by atoms with Gasteiger partial charge in [0.1, 0.15) is 17.4 Å². The van der Waals surface area contributed by atoms with Crippen LogP contribution in [0.4, 0.5) is 33.0 Å². The molecule has 1 aliphatic rings. The van der Waals surface area contributed by atoms with Crippen molar-refractivity contribution in [2.75, 3.05) is 48.8 Å². The standard InChI is InChI=1S/C28H32FN7O2/c1-17(2)35-8-10-36(11-9-35)19-5-7-23(26(13-19)38-3)33-27-14-20-24(15-31-16-25(20)34-27)32-22-6-4-18(29)12-21(22)28(30)37/h4-7,12-17,32-34H,8-11H2,1-3H3,(H2,30,37). The van der Waals surface area contributed by atoms with Crippen molar-refractivity contribution in [2.24, 2.45) is 5.73 Å². The quantitative estimate of drug-likeness (QED) is 0.265. The molecule has 0 spiro atoms. The summed E-state index contributed by atoms with van der Waals surface area (Å²) in [7, 11) is 1.66. The van der Waals surface area contributed by atoms with E-state index in [0.717, 1.165) is 66.1 Å². The molecule has 1 fully saturated rings. The summed E-state index contributed by atoms with van der Waals surface area (Å²) >= 11 is 0. The monoisotopic (exact) mass is 517 g/mol. The van der Waals surface area contributed by atoms with E-state index in [1.807, 2.05) is 12.1 Å². The summed E-state index contributed by atoms with van der Waals surface area (Å²) in [5, 5.41) is 7.41. The van der Waals surface area contributed by atoms with Crippen LogP contribution in [0, 0.1) is 5.82 Å². The molecule has 2 aromatic carbocycles. The summed E-state index contributed by atoms with van der Waals surface area (Å²) in [5.41, 5.74) is 9.28. The van der Waals surface area contributed by atoms with Crippen LogP contribution in [0.1, 0.15) is 24.2 Å². The van der Waals surface area contributed by atoms with Gasteiger partial charge in [-0.2, -0.15) is 0 Å². The van der Waals surface area contributed by atoms with Gasteiger partial charge < -0.3 is 31.0 Å². The number of benzene rings is 2. The number of piperazine rings is 1. The molecule has 9 nitrogen and oxygen atoms in total. The van der Waals surface area contributed by atoms with Gasteiger partial charge in [-0.25, -0.2) is 4.39 Å². The first kappa shape index (κ1) is 25.3. The summed E-state index contributed by atoms with van der Waals surface area (Å²) in [6.45, 7) is 8.50. The number of anilines is 5. The van der Waals surface area contributed by atoms with Gasteiger partial charge in [-0.05, 0) is 50.2 Å². The summed E-state index contributed by atoms with van der Waals surface area (Å²) in [5.74, 6) is 0.218. The number of fused-ring (bicyclic) bond motifs is 1. The number of nitrogens with zero attached hydrogens (tertiary/aromatic N) is 3.